The van der Waals surface area contributed by atoms with Crippen molar-refractivity contribution in [3.05, 3.63) is 22.6 Å². The fourth-order valence-electron chi connectivity index (χ4n) is 2.85. The van der Waals surface area contributed by atoms with Crippen LogP contribution in [0.2, 0.25) is 0 Å². The number of rotatable bonds is 4. The van der Waals surface area contributed by atoms with Crippen molar-refractivity contribution in [2.75, 3.05) is 20.3 Å². The third-order valence-corrected chi connectivity index (χ3v) is 3.79. The number of hydrogen-bond acceptors (Lipinski definition) is 4. The molecule has 0 radical (unpaired) electrons. The molecule has 5 heteroatoms. The largest absolute Gasteiger partial charge is 0.455 e. The second-order valence-electron chi connectivity index (χ2n) is 6.20. The van der Waals surface area contributed by atoms with E-state index in [9.17, 15) is 9.90 Å². The Bertz CT molecular complexity index is 504. The minimum Gasteiger partial charge on any atom is -0.455 e. The van der Waals surface area contributed by atoms with Gasteiger partial charge >= 0.3 is 0 Å². The van der Waals surface area contributed by atoms with Gasteiger partial charge in [-0.3, -0.25) is 4.79 Å². The number of carbonyl (C=O) groups is 1. The molecule has 0 fully saturated rings. The minimum atomic E-state index is -0.557. The van der Waals surface area contributed by atoms with Crippen LogP contribution in [0.4, 0.5) is 0 Å². The average Bonchev–Trinajstić information content (AvgIpc) is 2.65. The number of furan rings is 1. The molecule has 112 valence electrons. The Hall–Kier alpha value is -1.33. The zero-order valence-corrected chi connectivity index (χ0v) is 12.6. The first-order chi connectivity index (χ1) is 9.35. The van der Waals surface area contributed by atoms with Crippen LogP contribution in [0, 0.1) is 12.3 Å². The molecule has 2 rings (SSSR count). The number of aliphatic hydroxyl groups is 1. The Morgan fingerprint density at radius 1 is 1.55 bits per heavy atom. The number of nitrogens with one attached hydrogen (secondary N) is 1. The number of aliphatic hydroxyl groups excluding tert-OH is 1. The third-order valence-electron chi connectivity index (χ3n) is 3.79. The average molecular weight is 281 g/mol. The van der Waals surface area contributed by atoms with E-state index in [1.807, 2.05) is 6.92 Å². The Labute approximate surface area is 119 Å². The van der Waals surface area contributed by atoms with Gasteiger partial charge < -0.3 is 19.6 Å². The zero-order valence-electron chi connectivity index (χ0n) is 12.6. The molecule has 2 N–H and O–H groups in total. The van der Waals surface area contributed by atoms with Gasteiger partial charge in [-0.15, -0.1) is 0 Å². The highest BCUT2D eigenvalue weighted by Crippen LogP contribution is 2.43. The molecule has 1 aliphatic carbocycles. The highest BCUT2D eigenvalue weighted by Gasteiger charge is 2.37. The molecule has 5 nitrogen and oxygen atoms in total. The van der Waals surface area contributed by atoms with Crippen LogP contribution < -0.4 is 5.32 Å². The topological polar surface area (TPSA) is 71.7 Å². The summed E-state index contributed by atoms with van der Waals surface area (Å²) in [7, 11) is 1.58. The lowest BCUT2D eigenvalue weighted by atomic mass is 9.75. The first-order valence-electron chi connectivity index (χ1n) is 6.93. The van der Waals surface area contributed by atoms with Crippen LogP contribution in [0.1, 0.15) is 53.8 Å². The maximum atomic E-state index is 12.1. The molecule has 20 heavy (non-hydrogen) atoms. The molecule has 1 amide bonds. The van der Waals surface area contributed by atoms with Gasteiger partial charge in [0.05, 0.1) is 12.7 Å². The highest BCUT2D eigenvalue weighted by atomic mass is 16.5. The highest BCUT2D eigenvalue weighted by molar-refractivity contribution is 5.93. The van der Waals surface area contributed by atoms with E-state index in [0.29, 0.717) is 25.3 Å². The molecule has 1 aliphatic rings. The van der Waals surface area contributed by atoms with Gasteiger partial charge in [-0.05, 0) is 18.8 Å². The standard InChI is InChI=1S/C15H23NO4/c1-9-12-10(17)7-15(2,3)8-11(12)20-13(9)14(18)16-5-6-19-4/h10,17H,5-8H2,1-4H3,(H,16,18)/t10-/m0/s1. The Morgan fingerprint density at radius 3 is 2.90 bits per heavy atom. The van der Waals surface area contributed by atoms with Crippen molar-refractivity contribution in [2.45, 2.75) is 39.7 Å². The summed E-state index contributed by atoms with van der Waals surface area (Å²) in [4.78, 5) is 12.1. The monoisotopic (exact) mass is 281 g/mol. The second-order valence-corrected chi connectivity index (χ2v) is 6.20. The van der Waals surface area contributed by atoms with Crippen molar-refractivity contribution in [1.82, 2.24) is 5.32 Å². The van der Waals surface area contributed by atoms with Gasteiger partial charge in [0.25, 0.3) is 5.91 Å². The van der Waals surface area contributed by atoms with Gasteiger partial charge in [0, 0.05) is 31.2 Å². The van der Waals surface area contributed by atoms with Crippen LogP contribution >= 0.6 is 0 Å². The van der Waals surface area contributed by atoms with Crippen molar-refractivity contribution in [1.29, 1.82) is 0 Å². The molecule has 1 atom stereocenters. The van der Waals surface area contributed by atoms with Crippen molar-refractivity contribution in [3.8, 4) is 0 Å². The van der Waals surface area contributed by atoms with Crippen LogP contribution in [0.3, 0.4) is 0 Å². The molecule has 0 saturated heterocycles. The molecule has 0 aliphatic heterocycles. The van der Waals surface area contributed by atoms with Crippen LogP contribution in [0.15, 0.2) is 4.42 Å². The number of amides is 1. The maximum Gasteiger partial charge on any atom is 0.287 e. The summed E-state index contributed by atoms with van der Waals surface area (Å²) in [5.74, 6) is 0.796. The lowest BCUT2D eigenvalue weighted by molar-refractivity contribution is 0.0875. The summed E-state index contributed by atoms with van der Waals surface area (Å²) in [6.45, 7) is 6.91. The molecule has 0 saturated carbocycles. The van der Waals surface area contributed by atoms with Crippen molar-refractivity contribution in [3.63, 3.8) is 0 Å². The zero-order chi connectivity index (χ0) is 14.9. The maximum absolute atomic E-state index is 12.1. The Balaban J connectivity index is 2.23. The third kappa shape index (κ3) is 2.88. The van der Waals surface area contributed by atoms with E-state index in [0.717, 1.165) is 23.3 Å². The Kier molecular flexibility index (Phi) is 4.20. The number of ether oxygens (including phenoxy) is 1. The molecular weight excluding hydrogens is 258 g/mol. The quantitative estimate of drug-likeness (QED) is 0.828. The van der Waals surface area contributed by atoms with Gasteiger partial charge in [0.15, 0.2) is 5.76 Å². The summed E-state index contributed by atoms with van der Waals surface area (Å²) in [5, 5.41) is 13.0. The van der Waals surface area contributed by atoms with E-state index < -0.39 is 6.10 Å². The molecule has 1 aromatic rings. The smallest absolute Gasteiger partial charge is 0.287 e. The fourth-order valence-corrected chi connectivity index (χ4v) is 2.85. The fraction of sp³-hybridized carbons (Fsp3) is 0.667. The van der Waals surface area contributed by atoms with E-state index in [1.165, 1.54) is 0 Å². The SMILES string of the molecule is COCCNC(=O)c1oc2c(c1C)[C@@H](O)CC(C)(C)C2. The van der Waals surface area contributed by atoms with E-state index >= 15 is 0 Å². The van der Waals surface area contributed by atoms with Crippen LogP contribution in [-0.2, 0) is 11.2 Å². The molecule has 1 heterocycles. The van der Waals surface area contributed by atoms with Gasteiger partial charge in [0.2, 0.25) is 0 Å². The van der Waals surface area contributed by atoms with Crippen LogP contribution in [-0.4, -0.2) is 31.3 Å². The summed E-state index contributed by atoms with van der Waals surface area (Å²) >= 11 is 0. The van der Waals surface area contributed by atoms with Crippen LogP contribution in [0.5, 0.6) is 0 Å². The van der Waals surface area contributed by atoms with E-state index in [2.05, 4.69) is 19.2 Å². The number of fused-ring (bicyclic) bond motifs is 1. The molecule has 0 unspecified atom stereocenters. The molecule has 1 aromatic heterocycles. The lowest BCUT2D eigenvalue weighted by Gasteiger charge is -2.31. The number of methoxy groups -OCH3 is 1. The van der Waals surface area contributed by atoms with Crippen molar-refractivity contribution < 1.29 is 19.1 Å². The summed E-state index contributed by atoms with van der Waals surface area (Å²) < 4.78 is 10.6. The predicted molar refractivity (Wildman–Crippen MR) is 74.7 cm³/mol. The number of hydrogen-bond donors (Lipinski definition) is 2. The molecular formula is C15H23NO4. The summed E-state index contributed by atoms with van der Waals surface area (Å²) in [6.07, 6.45) is 0.870. The summed E-state index contributed by atoms with van der Waals surface area (Å²) in [5.41, 5.74) is 1.53. The van der Waals surface area contributed by atoms with Gasteiger partial charge in [0.1, 0.15) is 5.76 Å². The minimum absolute atomic E-state index is 0.0134. The van der Waals surface area contributed by atoms with Gasteiger partial charge in [-0.2, -0.15) is 0 Å². The predicted octanol–water partition coefficient (Wildman–Crippen LogP) is 1.97. The molecule has 0 aromatic carbocycles. The second kappa shape index (κ2) is 5.58. The van der Waals surface area contributed by atoms with Gasteiger partial charge in [-0.1, -0.05) is 13.8 Å². The lowest BCUT2D eigenvalue weighted by Crippen LogP contribution is -2.27. The first-order valence-corrected chi connectivity index (χ1v) is 6.93. The van der Waals surface area contributed by atoms with Crippen LogP contribution in [0.25, 0.3) is 0 Å². The normalized spacial score (nSPS) is 20.6. The molecule has 0 spiro atoms. The van der Waals surface area contributed by atoms with E-state index in [1.54, 1.807) is 7.11 Å². The van der Waals surface area contributed by atoms with Crippen molar-refractivity contribution in [2.24, 2.45) is 5.41 Å². The summed E-state index contributed by atoms with van der Waals surface area (Å²) in [6, 6.07) is 0. The van der Waals surface area contributed by atoms with Gasteiger partial charge in [-0.25, -0.2) is 0 Å². The number of carbonyl (C=O) groups excluding carboxylic acids is 1. The Morgan fingerprint density at radius 2 is 2.25 bits per heavy atom. The van der Waals surface area contributed by atoms with E-state index in [4.69, 9.17) is 9.15 Å². The van der Waals surface area contributed by atoms with E-state index in [-0.39, 0.29) is 11.3 Å². The first kappa shape index (κ1) is 15.1. The van der Waals surface area contributed by atoms with Crippen molar-refractivity contribution >= 4 is 5.91 Å². The molecule has 0 bridgehead atoms.